The second kappa shape index (κ2) is 11.9. The number of hydrogen-bond donors (Lipinski definition) is 1. The molecular weight excluding hydrogens is 589 g/mol. The van der Waals surface area contributed by atoms with Gasteiger partial charge in [-0.3, -0.25) is 4.31 Å². The Bertz CT molecular complexity index is 1460. The molecule has 0 saturated heterocycles. The zero-order valence-electron chi connectivity index (χ0n) is 21.3. The summed E-state index contributed by atoms with van der Waals surface area (Å²) in [5.41, 5.74) is 12.5. The van der Waals surface area contributed by atoms with Crippen LogP contribution in [0.15, 0.2) is 95.9 Å². The fourth-order valence-corrected chi connectivity index (χ4v) is 6.64. The molecule has 37 heavy (non-hydrogen) atoms. The summed E-state index contributed by atoms with van der Waals surface area (Å²) in [7, 11) is -4.05. The summed E-state index contributed by atoms with van der Waals surface area (Å²) in [6, 6.07) is 26.6. The van der Waals surface area contributed by atoms with Gasteiger partial charge in [-0.15, -0.1) is 0 Å². The first-order chi connectivity index (χ1) is 17.1. The SMILES string of the molecule is Cc1ccc(S(=O)(=O)N(c2c(C)cc(C)c(Cl)c2C)C(c2ccccc2)C(N)c2ccccc2)cc1.[Ru]. The van der Waals surface area contributed by atoms with E-state index in [2.05, 4.69) is 0 Å². The van der Waals surface area contributed by atoms with Crippen LogP contribution in [0.2, 0.25) is 5.02 Å². The van der Waals surface area contributed by atoms with Crippen molar-refractivity contribution in [3.63, 3.8) is 0 Å². The van der Waals surface area contributed by atoms with Crippen molar-refractivity contribution < 1.29 is 27.9 Å². The summed E-state index contributed by atoms with van der Waals surface area (Å²) in [4.78, 5) is 0.199. The monoisotopic (exact) mass is 620 g/mol. The van der Waals surface area contributed by atoms with Crippen LogP contribution in [0.3, 0.4) is 0 Å². The van der Waals surface area contributed by atoms with Gasteiger partial charge in [0, 0.05) is 24.5 Å². The molecule has 7 heteroatoms. The van der Waals surface area contributed by atoms with Crippen LogP contribution in [0.5, 0.6) is 0 Å². The second-order valence-corrected chi connectivity index (χ2v) is 11.4. The largest absolute Gasteiger partial charge is 0.322 e. The van der Waals surface area contributed by atoms with Crippen LogP contribution in [-0.2, 0) is 29.5 Å². The maximum absolute atomic E-state index is 14.5. The van der Waals surface area contributed by atoms with E-state index in [1.807, 2.05) is 107 Å². The molecule has 2 unspecified atom stereocenters. The molecule has 0 fully saturated rings. The van der Waals surface area contributed by atoms with E-state index < -0.39 is 22.1 Å². The molecule has 0 aliphatic carbocycles. The first-order valence-electron chi connectivity index (χ1n) is 11.9. The van der Waals surface area contributed by atoms with Crippen molar-refractivity contribution in [1.82, 2.24) is 0 Å². The third-order valence-corrected chi connectivity index (χ3v) is 8.93. The number of sulfonamides is 1. The molecule has 0 amide bonds. The van der Waals surface area contributed by atoms with Crippen LogP contribution in [0.25, 0.3) is 0 Å². The first-order valence-corrected chi connectivity index (χ1v) is 13.7. The molecule has 4 rings (SSSR count). The first kappa shape index (κ1) is 29.1. The van der Waals surface area contributed by atoms with Crippen molar-refractivity contribution in [2.75, 3.05) is 4.31 Å². The van der Waals surface area contributed by atoms with Gasteiger partial charge < -0.3 is 5.73 Å². The van der Waals surface area contributed by atoms with Crippen LogP contribution < -0.4 is 10.0 Å². The molecule has 4 aromatic carbocycles. The van der Waals surface area contributed by atoms with Gasteiger partial charge in [-0.2, -0.15) is 0 Å². The van der Waals surface area contributed by atoms with Crippen molar-refractivity contribution in [2.45, 2.75) is 44.7 Å². The Morgan fingerprint density at radius 2 is 1.27 bits per heavy atom. The number of aryl methyl sites for hydroxylation is 3. The molecule has 0 aromatic heterocycles. The molecular formula is C30H31ClN2O2RuS. The minimum Gasteiger partial charge on any atom is -0.322 e. The Kier molecular flexibility index (Phi) is 9.36. The molecule has 0 spiro atoms. The van der Waals surface area contributed by atoms with Crippen LogP contribution in [0.1, 0.15) is 45.5 Å². The minimum absolute atomic E-state index is 0. The van der Waals surface area contributed by atoms with Gasteiger partial charge in [0.15, 0.2) is 0 Å². The molecule has 194 valence electrons. The molecule has 0 saturated carbocycles. The average Bonchev–Trinajstić information content (AvgIpc) is 2.88. The smallest absolute Gasteiger partial charge is 0.264 e. The Hall–Kier alpha value is -2.50. The van der Waals surface area contributed by atoms with Crippen LogP contribution in [-0.4, -0.2) is 8.42 Å². The standard InChI is InChI=1S/C30H31ClN2O2S.Ru/c1-20-15-17-26(18-16-20)36(34,35)33(29-22(3)19-21(2)27(31)23(29)4)30(25-13-9-6-10-14-25)28(32)24-11-7-5-8-12-24;/h5-19,28,30H,32H2,1-4H3;. The molecule has 4 nitrogen and oxygen atoms in total. The Morgan fingerprint density at radius 1 is 0.757 bits per heavy atom. The zero-order chi connectivity index (χ0) is 26.0. The molecule has 0 aliphatic heterocycles. The molecule has 2 N–H and O–H groups in total. The molecule has 0 bridgehead atoms. The van der Waals surface area contributed by atoms with Gasteiger partial charge in [-0.25, -0.2) is 8.42 Å². The van der Waals surface area contributed by atoms with E-state index in [0.29, 0.717) is 16.3 Å². The molecule has 0 heterocycles. The fraction of sp³-hybridized carbons (Fsp3) is 0.200. The molecule has 0 radical (unpaired) electrons. The van der Waals surface area contributed by atoms with Gasteiger partial charge in [0.1, 0.15) is 0 Å². The van der Waals surface area contributed by atoms with E-state index in [4.69, 9.17) is 17.3 Å². The third-order valence-electron chi connectivity index (χ3n) is 6.55. The number of halogens is 1. The van der Waals surface area contributed by atoms with E-state index in [9.17, 15) is 8.42 Å². The Morgan fingerprint density at radius 3 is 1.81 bits per heavy atom. The van der Waals surface area contributed by atoms with Crippen LogP contribution >= 0.6 is 11.6 Å². The molecule has 4 aromatic rings. The van der Waals surface area contributed by atoms with Crippen LogP contribution in [0, 0.1) is 27.7 Å². The summed E-state index contributed by atoms with van der Waals surface area (Å²) in [6.07, 6.45) is 0. The summed E-state index contributed by atoms with van der Waals surface area (Å²) < 4.78 is 30.5. The summed E-state index contributed by atoms with van der Waals surface area (Å²) in [5, 5.41) is 0.541. The topological polar surface area (TPSA) is 63.4 Å². The van der Waals surface area contributed by atoms with Crippen molar-refractivity contribution in [3.8, 4) is 0 Å². The number of hydrogen-bond acceptors (Lipinski definition) is 3. The Balaban J connectivity index is 0.00000380. The molecule has 2 atom stereocenters. The summed E-state index contributed by atoms with van der Waals surface area (Å²) in [5.74, 6) is 0. The number of nitrogens with zero attached hydrogens (tertiary/aromatic N) is 1. The van der Waals surface area contributed by atoms with E-state index in [1.54, 1.807) is 12.1 Å². The van der Waals surface area contributed by atoms with E-state index >= 15 is 0 Å². The number of rotatable bonds is 7. The van der Waals surface area contributed by atoms with Crippen LogP contribution in [0.4, 0.5) is 5.69 Å². The van der Waals surface area contributed by atoms with Crippen molar-refractivity contribution >= 4 is 27.3 Å². The molecule has 0 aliphatic rings. The van der Waals surface area contributed by atoms with Gasteiger partial charge in [-0.05, 0) is 67.6 Å². The van der Waals surface area contributed by atoms with Gasteiger partial charge in [0.05, 0.1) is 22.7 Å². The number of anilines is 1. The van der Waals surface area contributed by atoms with E-state index in [-0.39, 0.29) is 24.4 Å². The maximum Gasteiger partial charge on any atom is 0.264 e. The summed E-state index contributed by atoms with van der Waals surface area (Å²) >= 11 is 6.71. The maximum atomic E-state index is 14.5. The zero-order valence-corrected chi connectivity index (χ0v) is 24.6. The van der Waals surface area contributed by atoms with Gasteiger partial charge in [0.25, 0.3) is 10.0 Å². The number of benzene rings is 4. The predicted octanol–water partition coefficient (Wildman–Crippen LogP) is 7.21. The third kappa shape index (κ3) is 5.83. The minimum atomic E-state index is -4.05. The normalized spacial score (nSPS) is 12.9. The van der Waals surface area contributed by atoms with Gasteiger partial charge in [0.2, 0.25) is 0 Å². The quantitative estimate of drug-likeness (QED) is 0.222. The number of nitrogens with two attached hydrogens (primary N) is 1. The van der Waals surface area contributed by atoms with Gasteiger partial charge in [-0.1, -0.05) is 96.0 Å². The Labute approximate surface area is 238 Å². The van der Waals surface area contributed by atoms with Crippen molar-refractivity contribution in [2.24, 2.45) is 5.73 Å². The summed E-state index contributed by atoms with van der Waals surface area (Å²) in [6.45, 7) is 7.64. The average molecular weight is 620 g/mol. The van der Waals surface area contributed by atoms with Crippen molar-refractivity contribution in [3.05, 3.63) is 129 Å². The van der Waals surface area contributed by atoms with Crippen molar-refractivity contribution in [1.29, 1.82) is 0 Å². The van der Waals surface area contributed by atoms with Gasteiger partial charge >= 0.3 is 0 Å². The van der Waals surface area contributed by atoms with E-state index in [1.165, 1.54) is 4.31 Å². The van der Waals surface area contributed by atoms with E-state index in [0.717, 1.165) is 27.8 Å². The fourth-order valence-electron chi connectivity index (χ4n) is 4.72. The predicted molar refractivity (Wildman–Crippen MR) is 149 cm³/mol. The second-order valence-electron chi connectivity index (χ2n) is 9.20.